The molecule has 2 atom stereocenters. The van der Waals surface area contributed by atoms with Crippen molar-refractivity contribution in [3.05, 3.63) is 35.9 Å². The molecule has 2 unspecified atom stereocenters. The Morgan fingerprint density at radius 3 is 2.87 bits per heavy atom. The van der Waals surface area contributed by atoms with Crippen LogP contribution in [0.3, 0.4) is 0 Å². The van der Waals surface area contributed by atoms with Gasteiger partial charge >= 0.3 is 6.18 Å². The quantitative estimate of drug-likeness (QED) is 0.656. The van der Waals surface area contributed by atoms with Gasteiger partial charge in [0.1, 0.15) is 11.4 Å². The highest BCUT2D eigenvalue weighted by molar-refractivity contribution is 6.08. The first kappa shape index (κ1) is 19.8. The van der Waals surface area contributed by atoms with Gasteiger partial charge in [-0.15, -0.1) is 0 Å². The molecule has 1 amide bonds. The fourth-order valence-corrected chi connectivity index (χ4v) is 4.50. The average molecular weight is 434 g/mol. The maximum atomic E-state index is 13.2. The van der Waals surface area contributed by atoms with Crippen molar-refractivity contribution in [3.63, 3.8) is 0 Å². The maximum Gasteiger partial charge on any atom is 0.437 e. The van der Waals surface area contributed by atoms with Crippen molar-refractivity contribution in [1.82, 2.24) is 29.7 Å². The molecule has 5 rings (SSSR count). The number of carbonyl (C=O) groups excluding carboxylic acids is 1. The molecule has 0 saturated carbocycles. The van der Waals surface area contributed by atoms with E-state index in [1.807, 2.05) is 6.07 Å². The molecule has 2 N–H and O–H groups in total. The molecule has 2 fully saturated rings. The summed E-state index contributed by atoms with van der Waals surface area (Å²) in [4.78, 5) is 19.8. The first-order valence-electron chi connectivity index (χ1n) is 10.1. The minimum atomic E-state index is -4.68. The third kappa shape index (κ3) is 3.50. The summed E-state index contributed by atoms with van der Waals surface area (Å²) in [6.07, 6.45) is 2.63. The second kappa shape index (κ2) is 7.22. The summed E-state index contributed by atoms with van der Waals surface area (Å²) in [5.74, 6) is 0.0225. The van der Waals surface area contributed by atoms with Crippen molar-refractivity contribution < 1.29 is 18.0 Å². The van der Waals surface area contributed by atoms with Gasteiger partial charge < -0.3 is 15.5 Å². The number of carbonyl (C=O) groups is 1. The Kier molecular flexibility index (Phi) is 4.61. The minimum absolute atomic E-state index is 0.0964. The second-order valence-electron chi connectivity index (χ2n) is 7.91. The molecule has 0 aromatic carbocycles. The van der Waals surface area contributed by atoms with Crippen molar-refractivity contribution in [1.29, 1.82) is 0 Å². The molecule has 0 aliphatic carbocycles. The summed E-state index contributed by atoms with van der Waals surface area (Å²) in [7, 11) is 1.36. The van der Waals surface area contributed by atoms with Gasteiger partial charge in [0.25, 0.3) is 5.91 Å². The Bertz CT molecular complexity index is 1120. The molecule has 0 radical (unpaired) electrons. The van der Waals surface area contributed by atoms with E-state index in [4.69, 9.17) is 0 Å². The van der Waals surface area contributed by atoms with E-state index in [1.54, 1.807) is 6.20 Å². The van der Waals surface area contributed by atoms with E-state index >= 15 is 0 Å². The maximum absolute atomic E-state index is 13.2. The first-order chi connectivity index (χ1) is 14.8. The van der Waals surface area contributed by atoms with Gasteiger partial charge in [-0.2, -0.15) is 23.4 Å². The Balaban J connectivity index is 1.47. The Morgan fingerprint density at radius 2 is 2.06 bits per heavy atom. The zero-order chi connectivity index (χ0) is 21.8. The van der Waals surface area contributed by atoms with Crippen molar-refractivity contribution >= 4 is 23.1 Å². The molecule has 0 spiro atoms. The van der Waals surface area contributed by atoms with Crippen molar-refractivity contribution in [2.45, 2.75) is 37.5 Å². The van der Waals surface area contributed by atoms with Crippen molar-refractivity contribution in [2.24, 2.45) is 7.05 Å². The number of halogens is 3. The van der Waals surface area contributed by atoms with Gasteiger partial charge in [-0.05, 0) is 31.9 Å². The standard InChI is InChI=1S/C19H21F3N8O/c1-28-10-14(16(27-28)19(20,21)22)25-18(31)13-9-24-29-7-5-15(26-17(13)29)30-11-2-3-12(30)8-23-6-4-11/h5,7,9-12,23H,2-4,6,8H2,1H3,(H,25,31). The van der Waals surface area contributed by atoms with Crippen LogP contribution in [0.4, 0.5) is 24.7 Å². The highest BCUT2D eigenvalue weighted by Crippen LogP contribution is 2.34. The minimum Gasteiger partial charge on any atom is -0.349 e. The molecular formula is C19H21F3N8O. The molecule has 2 saturated heterocycles. The van der Waals surface area contributed by atoms with Crippen LogP contribution in [0.5, 0.6) is 0 Å². The lowest BCUT2D eigenvalue weighted by atomic mass is 10.1. The molecule has 3 aromatic heterocycles. The van der Waals surface area contributed by atoms with E-state index in [2.05, 4.69) is 30.7 Å². The van der Waals surface area contributed by atoms with Gasteiger partial charge in [0.15, 0.2) is 11.3 Å². The molecule has 164 valence electrons. The van der Waals surface area contributed by atoms with Gasteiger partial charge in [-0.1, -0.05) is 0 Å². The van der Waals surface area contributed by atoms with Crippen LogP contribution in [-0.4, -0.2) is 55.5 Å². The SMILES string of the molecule is Cn1cc(NC(=O)c2cnn3ccc(N4C5CCNCC4CC5)nc23)c(C(F)(F)F)n1. The molecule has 12 heteroatoms. The van der Waals surface area contributed by atoms with Crippen LogP contribution >= 0.6 is 0 Å². The highest BCUT2D eigenvalue weighted by atomic mass is 19.4. The van der Waals surface area contributed by atoms with E-state index in [-0.39, 0.29) is 5.56 Å². The largest absolute Gasteiger partial charge is 0.437 e. The number of aryl methyl sites for hydroxylation is 1. The van der Waals surface area contributed by atoms with Gasteiger partial charge in [0.2, 0.25) is 0 Å². The molecule has 5 heterocycles. The lowest BCUT2D eigenvalue weighted by molar-refractivity contribution is -0.140. The van der Waals surface area contributed by atoms with Gasteiger partial charge in [-0.3, -0.25) is 9.48 Å². The Labute approximate surface area is 175 Å². The van der Waals surface area contributed by atoms with Gasteiger partial charge in [-0.25, -0.2) is 9.50 Å². The van der Waals surface area contributed by atoms with Crippen LogP contribution in [0.25, 0.3) is 5.65 Å². The zero-order valence-corrected chi connectivity index (χ0v) is 16.7. The van der Waals surface area contributed by atoms with Crippen LogP contribution in [-0.2, 0) is 13.2 Å². The topological polar surface area (TPSA) is 92.4 Å². The second-order valence-corrected chi connectivity index (χ2v) is 7.91. The van der Waals surface area contributed by atoms with Crippen LogP contribution in [0.15, 0.2) is 24.7 Å². The molecule has 3 aromatic rings. The van der Waals surface area contributed by atoms with Crippen molar-refractivity contribution in [2.75, 3.05) is 23.3 Å². The van der Waals surface area contributed by atoms with Gasteiger partial charge in [0.05, 0.1) is 11.9 Å². The van der Waals surface area contributed by atoms with E-state index < -0.39 is 23.5 Å². The Hall–Kier alpha value is -3.15. The number of hydrogen-bond donors (Lipinski definition) is 2. The summed E-state index contributed by atoms with van der Waals surface area (Å²) < 4.78 is 42.1. The third-order valence-electron chi connectivity index (χ3n) is 5.86. The average Bonchev–Trinajstić information content (AvgIpc) is 3.35. The monoisotopic (exact) mass is 434 g/mol. The Morgan fingerprint density at radius 1 is 1.26 bits per heavy atom. The smallest absolute Gasteiger partial charge is 0.349 e. The zero-order valence-electron chi connectivity index (χ0n) is 16.7. The van der Waals surface area contributed by atoms with E-state index in [0.717, 1.165) is 49.0 Å². The molecular weight excluding hydrogens is 413 g/mol. The number of anilines is 2. The van der Waals surface area contributed by atoms with Crippen LogP contribution in [0.1, 0.15) is 35.3 Å². The lowest BCUT2D eigenvalue weighted by Gasteiger charge is -2.29. The summed E-state index contributed by atoms with van der Waals surface area (Å²) in [5, 5.41) is 13.3. The lowest BCUT2D eigenvalue weighted by Crippen LogP contribution is -2.38. The van der Waals surface area contributed by atoms with Crippen LogP contribution in [0.2, 0.25) is 0 Å². The number of hydrogen-bond acceptors (Lipinski definition) is 6. The summed E-state index contributed by atoms with van der Waals surface area (Å²) in [6.45, 7) is 1.82. The third-order valence-corrected chi connectivity index (χ3v) is 5.86. The van der Waals surface area contributed by atoms with E-state index in [1.165, 1.54) is 17.8 Å². The number of fused-ring (bicyclic) bond motifs is 3. The van der Waals surface area contributed by atoms with E-state index in [9.17, 15) is 18.0 Å². The van der Waals surface area contributed by atoms with E-state index in [0.29, 0.717) is 17.7 Å². The first-order valence-corrected chi connectivity index (χ1v) is 10.1. The summed E-state index contributed by atoms with van der Waals surface area (Å²) in [5.41, 5.74) is -1.17. The van der Waals surface area contributed by atoms with Crippen LogP contribution in [0, 0.1) is 0 Å². The predicted octanol–water partition coefficient (Wildman–Crippen LogP) is 2.06. The molecule has 9 nitrogen and oxygen atoms in total. The molecule has 31 heavy (non-hydrogen) atoms. The number of alkyl halides is 3. The fourth-order valence-electron chi connectivity index (χ4n) is 4.50. The fraction of sp³-hybridized carbons (Fsp3) is 0.474. The molecule has 2 bridgehead atoms. The summed E-state index contributed by atoms with van der Waals surface area (Å²) in [6, 6.07) is 2.56. The van der Waals surface area contributed by atoms with Crippen LogP contribution < -0.4 is 15.5 Å². The van der Waals surface area contributed by atoms with Crippen molar-refractivity contribution in [3.8, 4) is 0 Å². The molecule has 2 aliphatic rings. The normalized spacial score (nSPS) is 21.5. The number of nitrogens with zero attached hydrogens (tertiary/aromatic N) is 6. The predicted molar refractivity (Wildman–Crippen MR) is 106 cm³/mol. The number of nitrogens with one attached hydrogen (secondary N) is 2. The number of rotatable bonds is 3. The molecule has 2 aliphatic heterocycles. The number of aromatic nitrogens is 5. The summed E-state index contributed by atoms with van der Waals surface area (Å²) >= 11 is 0. The highest BCUT2D eigenvalue weighted by Gasteiger charge is 2.38. The van der Waals surface area contributed by atoms with Gasteiger partial charge in [0, 0.05) is 38.1 Å². The number of amides is 1.